The second-order valence-corrected chi connectivity index (χ2v) is 8.23. The van der Waals surface area contributed by atoms with E-state index in [1.165, 1.54) is 4.57 Å². The van der Waals surface area contributed by atoms with Crippen molar-refractivity contribution >= 4 is 17.5 Å². The minimum atomic E-state index is -0.379. The molecule has 0 spiro atoms. The van der Waals surface area contributed by atoms with Crippen LogP contribution in [0.4, 0.5) is 0 Å². The maximum atomic E-state index is 13.3. The Balaban J connectivity index is 1.57. The highest BCUT2D eigenvalue weighted by Crippen LogP contribution is 2.24. The summed E-state index contributed by atoms with van der Waals surface area (Å²) in [5.41, 5.74) is 2.77. The number of benzene rings is 2. The summed E-state index contributed by atoms with van der Waals surface area (Å²) in [4.78, 5) is 30.3. The molecule has 0 radical (unpaired) electrons. The van der Waals surface area contributed by atoms with E-state index in [0.717, 1.165) is 5.56 Å². The van der Waals surface area contributed by atoms with Gasteiger partial charge in [0, 0.05) is 22.8 Å². The van der Waals surface area contributed by atoms with Crippen molar-refractivity contribution < 1.29 is 14.1 Å². The number of hydrogen-bond acceptors (Lipinski definition) is 6. The van der Waals surface area contributed by atoms with Crippen LogP contribution < -0.4 is 15.6 Å². The van der Waals surface area contributed by atoms with Crippen LogP contribution in [0.25, 0.3) is 22.8 Å². The first-order chi connectivity index (χ1) is 16.4. The van der Waals surface area contributed by atoms with E-state index in [4.69, 9.17) is 20.9 Å². The summed E-state index contributed by atoms with van der Waals surface area (Å²) in [6.07, 6.45) is 0. The maximum absolute atomic E-state index is 13.3. The van der Waals surface area contributed by atoms with E-state index < -0.39 is 0 Å². The monoisotopic (exact) mass is 478 g/mol. The number of aryl methyl sites for hydroxylation is 2. The molecule has 0 aliphatic heterocycles. The van der Waals surface area contributed by atoms with Crippen molar-refractivity contribution in [3.63, 3.8) is 0 Å². The van der Waals surface area contributed by atoms with Crippen molar-refractivity contribution in [1.82, 2.24) is 20.0 Å². The Morgan fingerprint density at radius 3 is 2.71 bits per heavy atom. The van der Waals surface area contributed by atoms with Crippen molar-refractivity contribution in [1.29, 1.82) is 0 Å². The second kappa shape index (κ2) is 9.93. The first-order valence-electron chi connectivity index (χ1n) is 10.6. The molecular weight excluding hydrogens is 456 g/mol. The van der Waals surface area contributed by atoms with Crippen molar-refractivity contribution in [3.8, 4) is 28.6 Å². The van der Waals surface area contributed by atoms with E-state index in [0.29, 0.717) is 40.0 Å². The molecule has 0 saturated carbocycles. The van der Waals surface area contributed by atoms with Gasteiger partial charge in [-0.25, -0.2) is 0 Å². The van der Waals surface area contributed by atoms with Crippen LogP contribution in [0.5, 0.6) is 5.75 Å². The molecule has 2 heterocycles. The Morgan fingerprint density at radius 2 is 1.94 bits per heavy atom. The molecule has 0 aliphatic rings. The molecule has 2 aromatic heterocycles. The van der Waals surface area contributed by atoms with Gasteiger partial charge in [-0.1, -0.05) is 41.0 Å². The topological polar surface area (TPSA) is 99.2 Å². The Hall–Kier alpha value is -3.91. The average molecular weight is 479 g/mol. The van der Waals surface area contributed by atoms with E-state index in [1.807, 2.05) is 30.3 Å². The third kappa shape index (κ3) is 5.02. The zero-order chi connectivity index (χ0) is 24.2. The average Bonchev–Trinajstić information content (AvgIpc) is 3.30. The lowest BCUT2D eigenvalue weighted by Crippen LogP contribution is -2.34. The van der Waals surface area contributed by atoms with Crippen LogP contribution in [0.2, 0.25) is 5.02 Å². The van der Waals surface area contributed by atoms with E-state index in [1.54, 1.807) is 45.2 Å². The Labute approximate surface area is 201 Å². The predicted octanol–water partition coefficient (Wildman–Crippen LogP) is 4.16. The SMILES string of the molecule is COc1cccc(CNC(=O)Cn2c(C)cc(C)c(-c3nc(-c4cccc(Cl)c4)no3)c2=O)c1. The van der Waals surface area contributed by atoms with Gasteiger partial charge in [-0.2, -0.15) is 4.98 Å². The number of ether oxygens (including phenoxy) is 1. The van der Waals surface area contributed by atoms with Gasteiger partial charge in [-0.05, 0) is 55.3 Å². The second-order valence-electron chi connectivity index (χ2n) is 7.80. The molecule has 0 atom stereocenters. The maximum Gasteiger partial charge on any atom is 0.264 e. The van der Waals surface area contributed by atoms with Gasteiger partial charge in [-0.3, -0.25) is 9.59 Å². The molecule has 1 N–H and O–H groups in total. The van der Waals surface area contributed by atoms with E-state index in [-0.39, 0.29) is 29.5 Å². The molecule has 0 saturated heterocycles. The number of nitrogens with zero attached hydrogens (tertiary/aromatic N) is 3. The first kappa shape index (κ1) is 23.3. The normalized spacial score (nSPS) is 10.8. The van der Waals surface area contributed by atoms with Gasteiger partial charge >= 0.3 is 0 Å². The summed E-state index contributed by atoms with van der Waals surface area (Å²) in [6, 6.07) is 16.3. The number of methoxy groups -OCH3 is 1. The van der Waals surface area contributed by atoms with E-state index in [9.17, 15) is 9.59 Å². The molecule has 4 rings (SSSR count). The first-order valence-corrected chi connectivity index (χ1v) is 10.9. The largest absolute Gasteiger partial charge is 0.497 e. The van der Waals surface area contributed by atoms with Crippen LogP contribution in [-0.2, 0) is 17.9 Å². The molecule has 8 nitrogen and oxygen atoms in total. The summed E-state index contributed by atoms with van der Waals surface area (Å²) in [5.74, 6) is 0.814. The summed E-state index contributed by atoms with van der Waals surface area (Å²) in [7, 11) is 1.59. The number of nitrogens with one attached hydrogen (secondary N) is 1. The molecule has 9 heteroatoms. The molecule has 4 aromatic rings. The number of aromatic nitrogens is 3. The van der Waals surface area contributed by atoms with Crippen molar-refractivity contribution in [2.24, 2.45) is 0 Å². The van der Waals surface area contributed by atoms with Gasteiger partial charge < -0.3 is 19.1 Å². The third-order valence-electron chi connectivity index (χ3n) is 5.35. The summed E-state index contributed by atoms with van der Waals surface area (Å²) >= 11 is 6.05. The Kier molecular flexibility index (Phi) is 6.79. The van der Waals surface area contributed by atoms with Gasteiger partial charge in [0.1, 0.15) is 17.9 Å². The fourth-order valence-electron chi connectivity index (χ4n) is 3.64. The van der Waals surface area contributed by atoms with Crippen LogP contribution in [0.3, 0.4) is 0 Å². The van der Waals surface area contributed by atoms with Crippen LogP contribution in [0, 0.1) is 13.8 Å². The number of carbonyl (C=O) groups is 1. The molecule has 0 unspecified atom stereocenters. The minimum absolute atomic E-state index is 0.0861. The molecule has 2 aromatic carbocycles. The number of halogens is 1. The quantitative estimate of drug-likeness (QED) is 0.428. The fourth-order valence-corrected chi connectivity index (χ4v) is 3.83. The van der Waals surface area contributed by atoms with Crippen molar-refractivity contribution in [2.45, 2.75) is 26.9 Å². The van der Waals surface area contributed by atoms with Gasteiger partial charge in [0.15, 0.2) is 0 Å². The summed E-state index contributed by atoms with van der Waals surface area (Å²) in [5, 5.41) is 7.37. The number of carbonyl (C=O) groups excluding carboxylic acids is 1. The van der Waals surface area contributed by atoms with Crippen molar-refractivity contribution in [3.05, 3.63) is 86.8 Å². The van der Waals surface area contributed by atoms with Gasteiger partial charge in [0.2, 0.25) is 11.7 Å². The molecule has 174 valence electrons. The number of hydrogen-bond donors (Lipinski definition) is 1. The van der Waals surface area contributed by atoms with Crippen LogP contribution in [0.15, 0.2) is 63.9 Å². The molecule has 34 heavy (non-hydrogen) atoms. The number of pyridine rings is 1. The Bertz CT molecular complexity index is 1410. The Morgan fingerprint density at radius 1 is 1.15 bits per heavy atom. The summed E-state index contributed by atoms with van der Waals surface area (Å²) < 4.78 is 12.0. The zero-order valence-electron chi connectivity index (χ0n) is 19.0. The summed E-state index contributed by atoms with van der Waals surface area (Å²) in [6.45, 7) is 3.74. The highest BCUT2D eigenvalue weighted by Gasteiger charge is 2.20. The van der Waals surface area contributed by atoms with Gasteiger partial charge in [0.05, 0.1) is 7.11 Å². The molecular formula is C25H23ClN4O4. The molecule has 0 aliphatic carbocycles. The molecule has 0 fully saturated rings. The van der Waals surface area contributed by atoms with Crippen LogP contribution in [-0.4, -0.2) is 27.7 Å². The van der Waals surface area contributed by atoms with E-state index >= 15 is 0 Å². The molecule has 0 bridgehead atoms. The number of amides is 1. The highest BCUT2D eigenvalue weighted by atomic mass is 35.5. The minimum Gasteiger partial charge on any atom is -0.497 e. The number of rotatable bonds is 7. The lowest BCUT2D eigenvalue weighted by Gasteiger charge is -2.13. The lowest BCUT2D eigenvalue weighted by molar-refractivity contribution is -0.121. The predicted molar refractivity (Wildman–Crippen MR) is 129 cm³/mol. The third-order valence-corrected chi connectivity index (χ3v) is 5.59. The lowest BCUT2D eigenvalue weighted by atomic mass is 10.1. The van der Waals surface area contributed by atoms with Gasteiger partial charge in [0.25, 0.3) is 11.4 Å². The zero-order valence-corrected chi connectivity index (χ0v) is 19.7. The fraction of sp³-hybridized carbons (Fsp3) is 0.200. The van der Waals surface area contributed by atoms with E-state index in [2.05, 4.69) is 15.5 Å². The van der Waals surface area contributed by atoms with Gasteiger partial charge in [-0.15, -0.1) is 0 Å². The van der Waals surface area contributed by atoms with Crippen LogP contribution >= 0.6 is 11.6 Å². The highest BCUT2D eigenvalue weighted by molar-refractivity contribution is 6.30. The smallest absolute Gasteiger partial charge is 0.264 e. The molecule has 1 amide bonds. The standard InChI is InChI=1S/C25H23ClN4O4/c1-15-10-16(2)30(14-21(31)27-13-17-6-4-9-20(11-17)33-3)25(32)22(15)24-28-23(29-34-24)18-7-5-8-19(26)12-18/h4-12H,13-14H2,1-3H3,(H,27,31). The van der Waals surface area contributed by atoms with Crippen LogP contribution in [0.1, 0.15) is 16.8 Å². The van der Waals surface area contributed by atoms with Crippen molar-refractivity contribution in [2.75, 3.05) is 7.11 Å².